The number of allylic oxidation sites excluding steroid dienone is 3. The number of fused-ring (bicyclic) bond motifs is 1. The molecule has 2 aromatic rings. The lowest BCUT2D eigenvalue weighted by Crippen LogP contribution is -2.31. The van der Waals surface area contributed by atoms with Gasteiger partial charge in [-0.25, -0.2) is 0 Å². The number of para-hydroxylation sites is 2. The predicted molar refractivity (Wildman–Crippen MR) is 159 cm³/mol. The number of carbonyl (C=O) groups excluding carboxylic acids is 2. The van der Waals surface area contributed by atoms with Gasteiger partial charge in [-0.3, -0.25) is 14.4 Å². The number of carboxylic acid groups (broad SMARTS) is 1. The van der Waals surface area contributed by atoms with Crippen molar-refractivity contribution >= 4 is 40.5 Å². The zero-order valence-corrected chi connectivity index (χ0v) is 23.4. The Labute approximate surface area is 234 Å². The quantitative estimate of drug-likeness (QED) is 0.275. The van der Waals surface area contributed by atoms with E-state index in [1.54, 1.807) is 0 Å². The first kappa shape index (κ1) is 30.1. The minimum Gasteiger partial charge on any atom is -0.481 e. The molecule has 0 aliphatic carbocycles. The van der Waals surface area contributed by atoms with Crippen molar-refractivity contribution in [3.05, 3.63) is 77.0 Å². The smallest absolute Gasteiger partial charge is 0.305 e. The fourth-order valence-corrected chi connectivity index (χ4v) is 4.78. The minimum atomic E-state index is -0.911. The summed E-state index contributed by atoms with van der Waals surface area (Å²) >= 11 is 0. The van der Waals surface area contributed by atoms with E-state index < -0.39 is 11.9 Å². The number of anilines is 4. The first-order valence-electron chi connectivity index (χ1n) is 13.3. The Hall–Kier alpha value is -4.47. The van der Waals surface area contributed by atoms with E-state index in [1.807, 2.05) is 77.4 Å². The highest BCUT2D eigenvalue weighted by molar-refractivity contribution is 5.89. The van der Waals surface area contributed by atoms with E-state index in [0.717, 1.165) is 40.7 Å². The Morgan fingerprint density at radius 2 is 1.68 bits per heavy atom. The van der Waals surface area contributed by atoms with Crippen molar-refractivity contribution in [1.82, 2.24) is 0 Å². The summed E-state index contributed by atoms with van der Waals surface area (Å²) in [6, 6.07) is 13.4. The number of hydrogen-bond acceptors (Lipinski definition) is 7. The molecule has 2 amide bonds. The predicted octanol–water partition coefficient (Wildman–Crippen LogP) is 5.63. The van der Waals surface area contributed by atoms with Crippen LogP contribution in [0.3, 0.4) is 0 Å². The van der Waals surface area contributed by atoms with Crippen LogP contribution in [0.1, 0.15) is 52.5 Å². The average molecular weight is 548 g/mol. The number of carbonyl (C=O) groups is 3. The van der Waals surface area contributed by atoms with Crippen LogP contribution in [0.4, 0.5) is 22.7 Å². The second kappa shape index (κ2) is 13.5. The molecular formula is C30H37N5O5. The molecule has 1 aliphatic rings. The van der Waals surface area contributed by atoms with E-state index in [4.69, 9.17) is 0 Å². The normalized spacial score (nSPS) is 13.9. The van der Waals surface area contributed by atoms with Gasteiger partial charge >= 0.3 is 5.97 Å². The number of nitrogens with one attached hydrogen (secondary N) is 2. The first-order chi connectivity index (χ1) is 19.1. The van der Waals surface area contributed by atoms with Gasteiger partial charge in [-0.2, -0.15) is 0 Å². The van der Waals surface area contributed by atoms with Crippen LogP contribution in [0.5, 0.6) is 0 Å². The number of nitrogens with zero attached hydrogens (tertiary/aromatic N) is 3. The van der Waals surface area contributed by atoms with Gasteiger partial charge in [0, 0.05) is 43.1 Å². The fraction of sp³-hybridized carbons (Fsp3) is 0.367. The number of rotatable bonds is 13. The minimum absolute atomic E-state index is 0.0590. The zero-order chi connectivity index (χ0) is 29.3. The Kier molecular flexibility index (Phi) is 10.2. The van der Waals surface area contributed by atoms with E-state index in [9.17, 15) is 24.4 Å². The van der Waals surface area contributed by atoms with Crippen LogP contribution in [0.25, 0.3) is 0 Å². The Balaban J connectivity index is 1.91. The van der Waals surface area contributed by atoms with Gasteiger partial charge in [0.15, 0.2) is 0 Å². The van der Waals surface area contributed by atoms with Gasteiger partial charge in [0.2, 0.25) is 5.91 Å². The number of hydrogen-bond donors (Lipinski definition) is 3. The molecule has 0 atom stereocenters. The van der Waals surface area contributed by atoms with E-state index in [2.05, 4.69) is 29.7 Å². The summed E-state index contributed by atoms with van der Waals surface area (Å²) < 4.78 is 0. The number of nitroso groups, excluding NO2 is 1. The molecule has 0 spiro atoms. The van der Waals surface area contributed by atoms with Crippen molar-refractivity contribution < 1.29 is 19.5 Å². The number of carboxylic acids is 1. The van der Waals surface area contributed by atoms with E-state index in [1.165, 1.54) is 6.92 Å². The number of amides is 2. The second-order valence-corrected chi connectivity index (χ2v) is 10.2. The van der Waals surface area contributed by atoms with Crippen LogP contribution in [0.2, 0.25) is 0 Å². The molecular weight excluding hydrogens is 510 g/mol. The van der Waals surface area contributed by atoms with E-state index in [0.29, 0.717) is 6.42 Å². The maximum absolute atomic E-state index is 11.7. The Morgan fingerprint density at radius 3 is 2.25 bits per heavy atom. The van der Waals surface area contributed by atoms with Crippen molar-refractivity contribution in [1.29, 1.82) is 0 Å². The topological polar surface area (TPSA) is 131 Å². The highest BCUT2D eigenvalue weighted by atomic mass is 16.4. The number of aliphatic carboxylic acids is 1. The monoisotopic (exact) mass is 547 g/mol. The summed E-state index contributed by atoms with van der Waals surface area (Å²) in [6.07, 6.45) is 6.42. The summed E-state index contributed by atoms with van der Waals surface area (Å²) in [7, 11) is 0. The van der Waals surface area contributed by atoms with Gasteiger partial charge in [-0.1, -0.05) is 38.1 Å². The average Bonchev–Trinajstić information content (AvgIpc) is 3.21. The molecule has 40 heavy (non-hydrogen) atoms. The summed E-state index contributed by atoms with van der Waals surface area (Å²) in [5.41, 5.74) is 4.17. The molecule has 3 rings (SSSR count). The summed E-state index contributed by atoms with van der Waals surface area (Å²) in [4.78, 5) is 49.2. The van der Waals surface area contributed by atoms with Crippen molar-refractivity contribution in [2.24, 2.45) is 5.18 Å². The summed E-state index contributed by atoms with van der Waals surface area (Å²) in [5, 5.41) is 18.1. The van der Waals surface area contributed by atoms with Gasteiger partial charge in [0.05, 0.1) is 24.2 Å². The van der Waals surface area contributed by atoms with Gasteiger partial charge in [-0.05, 0) is 60.7 Å². The molecule has 10 heteroatoms. The summed E-state index contributed by atoms with van der Waals surface area (Å²) in [5.74, 6) is -1.06. The molecule has 10 nitrogen and oxygen atoms in total. The molecule has 0 unspecified atom stereocenters. The van der Waals surface area contributed by atoms with Crippen molar-refractivity contribution in [2.45, 2.75) is 52.4 Å². The first-order valence-corrected chi connectivity index (χ1v) is 13.3. The Bertz CT molecular complexity index is 1320. The lowest BCUT2D eigenvalue weighted by atomic mass is 9.80. The van der Waals surface area contributed by atoms with Gasteiger partial charge < -0.3 is 25.5 Å². The molecule has 0 radical (unpaired) electrons. The lowest BCUT2D eigenvalue weighted by Gasteiger charge is -2.28. The SMILES string of the molecule is CCNc1ccc(NC(C)=O)cc1C(C)(C)C/C=C/C=C1/N(CCC(=O)O)c2ccccc2N1CCC(=O)N=O. The van der Waals surface area contributed by atoms with E-state index in [-0.39, 0.29) is 37.3 Å². The van der Waals surface area contributed by atoms with Crippen molar-refractivity contribution in [3.8, 4) is 0 Å². The summed E-state index contributed by atoms with van der Waals surface area (Å²) in [6.45, 7) is 9.02. The lowest BCUT2D eigenvalue weighted by molar-refractivity contribution is -0.136. The molecule has 0 saturated carbocycles. The van der Waals surface area contributed by atoms with Crippen LogP contribution >= 0.6 is 0 Å². The van der Waals surface area contributed by atoms with Crippen molar-refractivity contribution in [2.75, 3.05) is 40.1 Å². The highest BCUT2D eigenvalue weighted by Crippen LogP contribution is 2.42. The maximum atomic E-state index is 11.7. The maximum Gasteiger partial charge on any atom is 0.305 e. The molecule has 1 heterocycles. The molecule has 0 saturated heterocycles. The molecule has 0 bridgehead atoms. The van der Waals surface area contributed by atoms with Crippen molar-refractivity contribution in [3.63, 3.8) is 0 Å². The molecule has 0 fully saturated rings. The number of benzene rings is 2. The molecule has 3 N–H and O–H groups in total. The third kappa shape index (κ3) is 7.56. The highest BCUT2D eigenvalue weighted by Gasteiger charge is 2.31. The standard InChI is InChI=1S/C30H37N5O5/c1-5-31-24-14-13-22(32-21(2)36)20-23(24)30(3,4)17-9-8-12-28-34(18-15-27(37)33-40)25-10-6-7-11-26(25)35(28)19-16-29(38)39/h6-14,20,31H,5,15-19H2,1-4H3,(H,32,36)(H,38,39)/b9-8+,28-12+. The van der Waals surface area contributed by atoms with Gasteiger partial charge in [0.1, 0.15) is 5.82 Å². The molecule has 1 aliphatic heterocycles. The van der Waals surface area contributed by atoms with Gasteiger partial charge in [0.25, 0.3) is 5.91 Å². The Morgan fingerprint density at radius 1 is 1.02 bits per heavy atom. The van der Waals surface area contributed by atoms with Crippen LogP contribution in [0, 0.1) is 4.91 Å². The zero-order valence-electron chi connectivity index (χ0n) is 23.4. The molecule has 2 aromatic carbocycles. The fourth-order valence-electron chi connectivity index (χ4n) is 4.78. The van der Waals surface area contributed by atoms with Crippen LogP contribution in [-0.2, 0) is 19.8 Å². The largest absolute Gasteiger partial charge is 0.481 e. The van der Waals surface area contributed by atoms with E-state index >= 15 is 0 Å². The van der Waals surface area contributed by atoms with Crippen LogP contribution < -0.4 is 20.4 Å². The third-order valence-corrected chi connectivity index (χ3v) is 6.66. The third-order valence-electron chi connectivity index (χ3n) is 6.66. The second-order valence-electron chi connectivity index (χ2n) is 10.2. The van der Waals surface area contributed by atoms with Crippen LogP contribution in [-0.4, -0.2) is 42.5 Å². The van der Waals surface area contributed by atoms with Gasteiger partial charge in [-0.15, -0.1) is 4.91 Å². The van der Waals surface area contributed by atoms with Crippen LogP contribution in [0.15, 0.2) is 71.7 Å². The molecule has 212 valence electrons. The molecule has 0 aromatic heterocycles.